The highest BCUT2D eigenvalue weighted by Gasteiger charge is 2.15. The molecule has 2 nitrogen and oxygen atoms in total. The van der Waals surface area contributed by atoms with Crippen molar-refractivity contribution < 1.29 is 8.83 Å². The molecule has 0 saturated carbocycles. The summed E-state index contributed by atoms with van der Waals surface area (Å²) < 4.78 is 11.5. The van der Waals surface area contributed by atoms with Crippen molar-refractivity contribution in [3.63, 3.8) is 0 Å². The average molecular weight is 214 g/mol. The van der Waals surface area contributed by atoms with Crippen molar-refractivity contribution in [1.82, 2.24) is 0 Å². The van der Waals surface area contributed by atoms with Crippen LogP contribution in [-0.4, -0.2) is 0 Å². The van der Waals surface area contributed by atoms with E-state index in [4.69, 9.17) is 8.83 Å². The second-order valence-electron chi connectivity index (χ2n) is 4.45. The first-order valence-corrected chi connectivity index (χ1v) is 5.47. The van der Waals surface area contributed by atoms with Gasteiger partial charge in [0.05, 0.1) is 0 Å². The second-order valence-corrected chi connectivity index (χ2v) is 4.45. The normalized spacial score (nSPS) is 11.8. The lowest BCUT2D eigenvalue weighted by atomic mass is 10.0. The second kappa shape index (κ2) is 2.91. The van der Waals surface area contributed by atoms with E-state index in [1.54, 1.807) is 0 Å². The van der Waals surface area contributed by atoms with Gasteiger partial charge in [0.1, 0.15) is 22.7 Å². The van der Waals surface area contributed by atoms with Gasteiger partial charge in [0.15, 0.2) is 0 Å². The van der Waals surface area contributed by atoms with Crippen molar-refractivity contribution >= 4 is 21.9 Å². The number of fused-ring (bicyclic) bond motifs is 2. The van der Waals surface area contributed by atoms with Gasteiger partial charge in [-0.3, -0.25) is 0 Å². The molecule has 0 N–H and O–H groups in total. The maximum atomic E-state index is 5.76. The van der Waals surface area contributed by atoms with Gasteiger partial charge in [0.25, 0.3) is 0 Å². The minimum Gasteiger partial charge on any atom is -0.461 e. The third-order valence-corrected chi connectivity index (χ3v) is 3.20. The van der Waals surface area contributed by atoms with Crippen LogP contribution in [0.4, 0.5) is 0 Å². The highest BCUT2D eigenvalue weighted by molar-refractivity contribution is 6.01. The zero-order chi connectivity index (χ0) is 11.4. The van der Waals surface area contributed by atoms with E-state index in [1.807, 2.05) is 13.8 Å². The lowest BCUT2D eigenvalue weighted by Crippen LogP contribution is -1.80. The van der Waals surface area contributed by atoms with Gasteiger partial charge in [0, 0.05) is 21.9 Å². The molecule has 0 atom stereocenters. The van der Waals surface area contributed by atoms with Gasteiger partial charge in [-0.15, -0.1) is 0 Å². The van der Waals surface area contributed by atoms with E-state index >= 15 is 0 Å². The fourth-order valence-corrected chi connectivity index (χ4v) is 2.39. The van der Waals surface area contributed by atoms with E-state index in [0.717, 1.165) is 33.5 Å². The minimum absolute atomic E-state index is 0.950. The first kappa shape index (κ1) is 9.52. The summed E-state index contributed by atoms with van der Waals surface area (Å²) in [6.45, 7) is 8.13. The van der Waals surface area contributed by atoms with Crippen molar-refractivity contribution in [2.45, 2.75) is 27.7 Å². The molecular formula is C14H14O2. The summed E-state index contributed by atoms with van der Waals surface area (Å²) in [6, 6.07) is 4.16. The van der Waals surface area contributed by atoms with Crippen LogP contribution < -0.4 is 0 Å². The zero-order valence-corrected chi connectivity index (χ0v) is 9.97. The highest BCUT2D eigenvalue weighted by atomic mass is 16.3. The summed E-state index contributed by atoms with van der Waals surface area (Å²) in [6.07, 6.45) is 0. The third kappa shape index (κ3) is 1.07. The van der Waals surface area contributed by atoms with Crippen LogP contribution in [0, 0.1) is 27.7 Å². The molecule has 1 aromatic carbocycles. The Morgan fingerprint density at radius 2 is 1.06 bits per heavy atom. The fraction of sp³-hybridized carbons (Fsp3) is 0.286. The summed E-state index contributed by atoms with van der Waals surface area (Å²) in [5, 5.41) is 2.33. The molecular weight excluding hydrogens is 200 g/mol. The van der Waals surface area contributed by atoms with Crippen LogP contribution in [0.25, 0.3) is 21.9 Å². The van der Waals surface area contributed by atoms with E-state index < -0.39 is 0 Å². The molecule has 0 aliphatic heterocycles. The molecule has 0 spiro atoms. The van der Waals surface area contributed by atoms with Gasteiger partial charge in [-0.1, -0.05) is 0 Å². The van der Waals surface area contributed by atoms with E-state index in [1.165, 1.54) is 11.1 Å². The Bertz CT molecular complexity index is 584. The van der Waals surface area contributed by atoms with Gasteiger partial charge >= 0.3 is 0 Å². The smallest absolute Gasteiger partial charge is 0.138 e. The Labute approximate surface area is 93.8 Å². The standard InChI is InChI=1S/C14H14O2/c1-7-5-11-9(3)14-12(6-8(2)16-14)10(4)13(11)15-7/h5-6H,1-4H3. The first-order chi connectivity index (χ1) is 7.58. The van der Waals surface area contributed by atoms with E-state index in [-0.39, 0.29) is 0 Å². The summed E-state index contributed by atoms with van der Waals surface area (Å²) >= 11 is 0. The molecule has 0 amide bonds. The quantitative estimate of drug-likeness (QED) is 0.554. The lowest BCUT2D eigenvalue weighted by molar-refractivity contribution is 0.573. The molecule has 82 valence electrons. The number of benzene rings is 1. The third-order valence-electron chi connectivity index (χ3n) is 3.20. The number of rotatable bonds is 0. The van der Waals surface area contributed by atoms with Gasteiger partial charge in [0.2, 0.25) is 0 Å². The molecule has 0 unspecified atom stereocenters. The molecule has 2 heterocycles. The molecule has 0 fully saturated rings. The lowest BCUT2D eigenvalue weighted by Gasteiger charge is -2.01. The fourth-order valence-electron chi connectivity index (χ4n) is 2.39. The molecule has 0 radical (unpaired) electrons. The Morgan fingerprint density at radius 3 is 1.44 bits per heavy atom. The maximum absolute atomic E-state index is 5.76. The summed E-state index contributed by atoms with van der Waals surface area (Å²) in [5.41, 5.74) is 4.31. The molecule has 0 bridgehead atoms. The zero-order valence-electron chi connectivity index (χ0n) is 9.97. The largest absolute Gasteiger partial charge is 0.461 e. The molecule has 3 aromatic rings. The summed E-state index contributed by atoms with van der Waals surface area (Å²) in [7, 11) is 0. The van der Waals surface area contributed by atoms with E-state index in [0.29, 0.717) is 0 Å². The summed E-state index contributed by atoms with van der Waals surface area (Å²) in [4.78, 5) is 0. The Hall–Kier alpha value is -1.70. The van der Waals surface area contributed by atoms with Crippen LogP contribution in [0.1, 0.15) is 22.6 Å². The SMILES string of the molecule is Cc1cc2c(C)c3oc(C)cc3c(C)c2o1. The minimum atomic E-state index is 0.950. The van der Waals surface area contributed by atoms with Gasteiger partial charge < -0.3 is 8.83 Å². The van der Waals surface area contributed by atoms with E-state index in [2.05, 4.69) is 26.0 Å². The molecule has 0 aliphatic carbocycles. The predicted molar refractivity (Wildman–Crippen MR) is 64.9 cm³/mol. The number of aryl methyl sites for hydroxylation is 4. The van der Waals surface area contributed by atoms with Crippen LogP contribution in [0.2, 0.25) is 0 Å². The summed E-state index contributed by atoms with van der Waals surface area (Å²) in [5.74, 6) is 1.90. The Kier molecular flexibility index (Phi) is 1.73. The number of hydrogen-bond donors (Lipinski definition) is 0. The van der Waals surface area contributed by atoms with Crippen LogP contribution in [0.5, 0.6) is 0 Å². The van der Waals surface area contributed by atoms with Gasteiger partial charge in [-0.05, 0) is 39.8 Å². The van der Waals surface area contributed by atoms with E-state index in [9.17, 15) is 0 Å². The molecule has 2 heteroatoms. The van der Waals surface area contributed by atoms with Crippen molar-refractivity contribution in [2.24, 2.45) is 0 Å². The van der Waals surface area contributed by atoms with Crippen LogP contribution >= 0.6 is 0 Å². The van der Waals surface area contributed by atoms with Crippen molar-refractivity contribution in [3.05, 3.63) is 34.8 Å². The topological polar surface area (TPSA) is 26.3 Å². The molecule has 3 rings (SSSR count). The number of hydrogen-bond acceptors (Lipinski definition) is 2. The highest BCUT2D eigenvalue weighted by Crippen LogP contribution is 2.35. The van der Waals surface area contributed by atoms with Crippen molar-refractivity contribution in [1.29, 1.82) is 0 Å². The first-order valence-electron chi connectivity index (χ1n) is 5.47. The van der Waals surface area contributed by atoms with Crippen LogP contribution in [-0.2, 0) is 0 Å². The Balaban J connectivity index is 2.63. The molecule has 16 heavy (non-hydrogen) atoms. The monoisotopic (exact) mass is 214 g/mol. The number of furan rings is 2. The predicted octanol–water partition coefficient (Wildman–Crippen LogP) is 4.41. The molecule has 0 aliphatic rings. The maximum Gasteiger partial charge on any atom is 0.138 e. The van der Waals surface area contributed by atoms with Crippen molar-refractivity contribution in [3.8, 4) is 0 Å². The van der Waals surface area contributed by atoms with Crippen molar-refractivity contribution in [2.75, 3.05) is 0 Å². The Morgan fingerprint density at radius 1 is 0.688 bits per heavy atom. The molecule has 2 aromatic heterocycles. The van der Waals surface area contributed by atoms with Gasteiger partial charge in [-0.2, -0.15) is 0 Å². The van der Waals surface area contributed by atoms with Crippen LogP contribution in [0.15, 0.2) is 21.0 Å². The molecule has 0 saturated heterocycles. The van der Waals surface area contributed by atoms with Gasteiger partial charge in [-0.25, -0.2) is 0 Å². The van der Waals surface area contributed by atoms with Crippen LogP contribution in [0.3, 0.4) is 0 Å². The average Bonchev–Trinajstić information content (AvgIpc) is 2.78.